The molecule has 0 fully saturated rings. The predicted octanol–water partition coefficient (Wildman–Crippen LogP) is 1.93. The lowest BCUT2D eigenvalue weighted by molar-refractivity contribution is 0.198. The molecule has 1 aromatic rings. The molecular weight excluding hydrogens is 224 g/mol. The van der Waals surface area contributed by atoms with Gasteiger partial charge in [0.1, 0.15) is 0 Å². The van der Waals surface area contributed by atoms with Crippen LogP contribution in [0.15, 0.2) is 24.3 Å². The van der Waals surface area contributed by atoms with Crippen molar-refractivity contribution < 1.29 is 5.11 Å². The minimum absolute atomic E-state index is 0.0547. The third-order valence-corrected chi connectivity index (χ3v) is 3.86. The maximum absolute atomic E-state index is 9.16. The second-order valence-electron chi connectivity index (χ2n) is 5.79. The predicted molar refractivity (Wildman–Crippen MR) is 75.9 cm³/mol. The van der Waals surface area contributed by atoms with Crippen LogP contribution in [0.4, 0.5) is 5.69 Å². The van der Waals surface area contributed by atoms with Crippen molar-refractivity contribution >= 4 is 5.69 Å². The summed E-state index contributed by atoms with van der Waals surface area (Å²) in [7, 11) is 0. The Hall–Kier alpha value is -1.06. The van der Waals surface area contributed by atoms with Gasteiger partial charge in [0.25, 0.3) is 0 Å². The minimum atomic E-state index is -0.442. The van der Waals surface area contributed by atoms with Crippen LogP contribution in [0.3, 0.4) is 0 Å². The summed E-state index contributed by atoms with van der Waals surface area (Å²) in [5.74, 6) is 0. The third-order valence-electron chi connectivity index (χ3n) is 3.86. The smallest absolute Gasteiger partial charge is 0.0608 e. The summed E-state index contributed by atoms with van der Waals surface area (Å²) in [6, 6.07) is 9.20. The zero-order valence-corrected chi connectivity index (χ0v) is 11.4. The van der Waals surface area contributed by atoms with Crippen molar-refractivity contribution in [2.45, 2.75) is 44.7 Å². The minimum Gasteiger partial charge on any atom is -0.394 e. The molecule has 1 aromatic carbocycles. The van der Waals surface area contributed by atoms with E-state index in [0.717, 1.165) is 25.8 Å². The Kier molecular flexibility index (Phi) is 3.93. The fraction of sp³-hybridized carbons (Fsp3) is 0.600. The van der Waals surface area contributed by atoms with Crippen molar-refractivity contribution in [3.63, 3.8) is 0 Å². The van der Waals surface area contributed by atoms with Crippen molar-refractivity contribution in [1.29, 1.82) is 0 Å². The van der Waals surface area contributed by atoms with Crippen LogP contribution in [0, 0.1) is 0 Å². The van der Waals surface area contributed by atoms with E-state index < -0.39 is 5.54 Å². The lowest BCUT2D eigenvalue weighted by atomic mass is 9.98. The number of hydrogen-bond donors (Lipinski definition) is 2. The molecule has 2 rings (SSSR count). The summed E-state index contributed by atoms with van der Waals surface area (Å²) < 4.78 is 0. The zero-order chi connectivity index (χ0) is 13.2. The van der Waals surface area contributed by atoms with Crippen LogP contribution in [-0.2, 0) is 6.42 Å². The highest BCUT2D eigenvalue weighted by atomic mass is 16.3. The van der Waals surface area contributed by atoms with E-state index >= 15 is 0 Å². The number of aliphatic hydroxyl groups is 1. The highest BCUT2D eigenvalue weighted by Crippen LogP contribution is 2.32. The van der Waals surface area contributed by atoms with Crippen LogP contribution < -0.4 is 10.6 Å². The first-order chi connectivity index (χ1) is 8.53. The summed E-state index contributed by atoms with van der Waals surface area (Å²) in [4.78, 5) is 2.46. The van der Waals surface area contributed by atoms with Crippen molar-refractivity contribution in [3.05, 3.63) is 29.8 Å². The van der Waals surface area contributed by atoms with Gasteiger partial charge in [-0.05, 0) is 44.7 Å². The molecule has 3 N–H and O–H groups in total. The molecule has 1 heterocycles. The Morgan fingerprint density at radius 2 is 2.17 bits per heavy atom. The Morgan fingerprint density at radius 1 is 1.44 bits per heavy atom. The summed E-state index contributed by atoms with van der Waals surface area (Å²) in [6.07, 6.45) is 3.01. The Morgan fingerprint density at radius 3 is 2.89 bits per heavy atom. The maximum Gasteiger partial charge on any atom is 0.0608 e. The molecular formula is C15H24N2O. The van der Waals surface area contributed by atoms with Crippen molar-refractivity contribution in [2.24, 2.45) is 5.73 Å². The summed E-state index contributed by atoms with van der Waals surface area (Å²) in [5.41, 5.74) is 8.33. The Balaban J connectivity index is 1.94. The first-order valence-electron chi connectivity index (χ1n) is 6.78. The Labute approximate surface area is 110 Å². The lowest BCUT2D eigenvalue weighted by Gasteiger charge is -2.27. The van der Waals surface area contributed by atoms with E-state index in [1.165, 1.54) is 11.3 Å². The van der Waals surface area contributed by atoms with Gasteiger partial charge in [-0.15, -0.1) is 0 Å². The van der Waals surface area contributed by atoms with Crippen molar-refractivity contribution in [1.82, 2.24) is 0 Å². The van der Waals surface area contributed by atoms with E-state index in [0.29, 0.717) is 6.04 Å². The number of rotatable bonds is 5. The average molecular weight is 248 g/mol. The van der Waals surface area contributed by atoms with E-state index in [1.807, 2.05) is 6.92 Å². The van der Waals surface area contributed by atoms with Gasteiger partial charge >= 0.3 is 0 Å². The SMILES string of the molecule is CC1Cc2ccccc2N1CCCC(C)(N)CO. The molecule has 1 aliphatic heterocycles. The molecule has 0 amide bonds. The van der Waals surface area contributed by atoms with Gasteiger partial charge in [-0.25, -0.2) is 0 Å². The summed E-state index contributed by atoms with van der Waals surface area (Å²) >= 11 is 0. The van der Waals surface area contributed by atoms with Gasteiger partial charge in [0.2, 0.25) is 0 Å². The average Bonchev–Trinajstić information content (AvgIpc) is 2.66. The number of hydrogen-bond acceptors (Lipinski definition) is 3. The van der Waals surface area contributed by atoms with Gasteiger partial charge in [-0.2, -0.15) is 0 Å². The molecule has 0 saturated carbocycles. The molecule has 0 saturated heterocycles. The fourth-order valence-electron chi connectivity index (χ4n) is 2.70. The largest absolute Gasteiger partial charge is 0.394 e. The second-order valence-corrected chi connectivity index (χ2v) is 5.79. The zero-order valence-electron chi connectivity index (χ0n) is 11.4. The van der Waals surface area contributed by atoms with Crippen LogP contribution in [-0.4, -0.2) is 29.8 Å². The molecule has 0 bridgehead atoms. The summed E-state index contributed by atoms with van der Waals surface area (Å²) in [5, 5.41) is 9.16. The number of benzene rings is 1. The van der Waals surface area contributed by atoms with Crippen LogP contribution in [0.2, 0.25) is 0 Å². The first kappa shape index (κ1) is 13.4. The molecule has 18 heavy (non-hydrogen) atoms. The molecule has 2 atom stereocenters. The molecule has 0 aliphatic carbocycles. The standard InChI is InChI=1S/C15H24N2O/c1-12-10-13-6-3-4-7-14(13)17(12)9-5-8-15(2,16)11-18/h3-4,6-7,12,18H,5,8-11,16H2,1-2H3. The molecule has 3 nitrogen and oxygen atoms in total. The van der Waals surface area contributed by atoms with Crippen LogP contribution in [0.25, 0.3) is 0 Å². The number of nitrogens with zero attached hydrogens (tertiary/aromatic N) is 1. The Bertz CT molecular complexity index is 403. The quantitative estimate of drug-likeness (QED) is 0.837. The molecule has 100 valence electrons. The van der Waals surface area contributed by atoms with Crippen molar-refractivity contribution in [2.75, 3.05) is 18.1 Å². The fourth-order valence-corrected chi connectivity index (χ4v) is 2.70. The normalized spacial score (nSPS) is 21.8. The topological polar surface area (TPSA) is 49.5 Å². The molecule has 0 radical (unpaired) electrons. The first-order valence-corrected chi connectivity index (χ1v) is 6.78. The van der Waals surface area contributed by atoms with Gasteiger partial charge in [-0.3, -0.25) is 0 Å². The monoisotopic (exact) mass is 248 g/mol. The van der Waals surface area contributed by atoms with E-state index in [9.17, 15) is 0 Å². The van der Waals surface area contributed by atoms with E-state index in [-0.39, 0.29) is 6.61 Å². The lowest BCUT2D eigenvalue weighted by Crippen LogP contribution is -2.41. The van der Waals surface area contributed by atoms with Crippen LogP contribution in [0.1, 0.15) is 32.3 Å². The second kappa shape index (κ2) is 5.29. The van der Waals surface area contributed by atoms with Gasteiger partial charge in [0.15, 0.2) is 0 Å². The number of anilines is 1. The van der Waals surface area contributed by atoms with Gasteiger partial charge in [0.05, 0.1) is 6.61 Å². The molecule has 1 aliphatic rings. The number of nitrogens with two attached hydrogens (primary N) is 1. The van der Waals surface area contributed by atoms with Gasteiger partial charge in [0, 0.05) is 23.8 Å². The van der Waals surface area contributed by atoms with E-state index in [1.54, 1.807) is 0 Å². The number of aliphatic hydroxyl groups excluding tert-OH is 1. The van der Waals surface area contributed by atoms with E-state index in [2.05, 4.69) is 36.1 Å². The van der Waals surface area contributed by atoms with Crippen LogP contribution >= 0.6 is 0 Å². The molecule has 0 aromatic heterocycles. The van der Waals surface area contributed by atoms with Crippen molar-refractivity contribution in [3.8, 4) is 0 Å². The molecule has 2 unspecified atom stereocenters. The number of fused-ring (bicyclic) bond motifs is 1. The maximum atomic E-state index is 9.16. The van der Waals surface area contributed by atoms with E-state index in [4.69, 9.17) is 10.8 Å². The third kappa shape index (κ3) is 2.85. The van der Waals surface area contributed by atoms with Gasteiger partial charge < -0.3 is 15.7 Å². The molecule has 0 spiro atoms. The molecule has 3 heteroatoms. The van der Waals surface area contributed by atoms with Crippen LogP contribution in [0.5, 0.6) is 0 Å². The highest BCUT2D eigenvalue weighted by molar-refractivity contribution is 5.59. The number of para-hydroxylation sites is 1. The summed E-state index contributed by atoms with van der Waals surface area (Å²) in [6.45, 7) is 5.26. The highest BCUT2D eigenvalue weighted by Gasteiger charge is 2.25. The van der Waals surface area contributed by atoms with Gasteiger partial charge in [-0.1, -0.05) is 18.2 Å².